The van der Waals surface area contributed by atoms with Crippen LogP contribution in [0.1, 0.15) is 46.5 Å². The first kappa shape index (κ1) is 15.4. The smallest absolute Gasteiger partial charge is 0.232 e. The number of carbonyl (C=O) groups is 1. The lowest BCUT2D eigenvalue weighted by atomic mass is 9.84. The van der Waals surface area contributed by atoms with Crippen molar-refractivity contribution < 1.29 is 9.53 Å². The highest BCUT2D eigenvalue weighted by Crippen LogP contribution is 2.29. The van der Waals surface area contributed by atoms with E-state index >= 15 is 0 Å². The average Bonchev–Trinajstić information content (AvgIpc) is 2.70. The Bertz CT molecular complexity index is 263. The summed E-state index contributed by atoms with van der Waals surface area (Å²) in [5, 5.41) is 0. The number of hydrogen-bond donors (Lipinski definition) is 1. The molecule has 4 nitrogen and oxygen atoms in total. The predicted molar refractivity (Wildman–Crippen MR) is 73.3 cm³/mol. The van der Waals surface area contributed by atoms with Crippen LogP contribution in [0.3, 0.4) is 0 Å². The fourth-order valence-corrected chi connectivity index (χ4v) is 2.28. The summed E-state index contributed by atoms with van der Waals surface area (Å²) in [6, 6.07) is -0.171. The summed E-state index contributed by atoms with van der Waals surface area (Å²) < 4.78 is 5.38. The summed E-state index contributed by atoms with van der Waals surface area (Å²) in [5.41, 5.74) is 5.51. The summed E-state index contributed by atoms with van der Waals surface area (Å²) in [6.45, 7) is 8.88. The van der Waals surface area contributed by atoms with E-state index in [4.69, 9.17) is 10.5 Å². The Balaban J connectivity index is 2.67. The first-order valence-electron chi connectivity index (χ1n) is 7.19. The Kier molecular flexibility index (Phi) is 6.09. The topological polar surface area (TPSA) is 55.6 Å². The van der Waals surface area contributed by atoms with Crippen LogP contribution in [-0.2, 0) is 9.53 Å². The molecule has 1 heterocycles. The van der Waals surface area contributed by atoms with Gasteiger partial charge >= 0.3 is 0 Å². The molecule has 1 aliphatic heterocycles. The maximum atomic E-state index is 12.7. The van der Waals surface area contributed by atoms with Crippen LogP contribution in [0.2, 0.25) is 0 Å². The summed E-state index contributed by atoms with van der Waals surface area (Å²) in [4.78, 5) is 14.6. The zero-order valence-electron chi connectivity index (χ0n) is 12.1. The van der Waals surface area contributed by atoms with E-state index in [0.29, 0.717) is 13.2 Å². The van der Waals surface area contributed by atoms with Crippen LogP contribution in [0.5, 0.6) is 0 Å². The number of unbranched alkanes of at least 4 members (excludes halogenated alkanes) is 2. The first-order chi connectivity index (χ1) is 8.56. The fourth-order valence-electron chi connectivity index (χ4n) is 2.28. The molecule has 0 radical (unpaired) electrons. The summed E-state index contributed by atoms with van der Waals surface area (Å²) in [6.07, 6.45) is 4.33. The zero-order valence-corrected chi connectivity index (χ0v) is 12.1. The second-order valence-corrected chi connectivity index (χ2v) is 5.54. The minimum atomic E-state index is -0.526. The van der Waals surface area contributed by atoms with Crippen LogP contribution in [0.15, 0.2) is 0 Å². The summed E-state index contributed by atoms with van der Waals surface area (Å²) >= 11 is 0. The molecule has 1 saturated heterocycles. The van der Waals surface area contributed by atoms with Crippen LogP contribution < -0.4 is 5.73 Å². The number of carbonyl (C=O) groups excluding carboxylic acids is 1. The maximum absolute atomic E-state index is 12.7. The molecular weight excluding hydrogens is 228 g/mol. The third kappa shape index (κ3) is 3.45. The minimum absolute atomic E-state index is 0.171. The molecule has 4 heteroatoms. The van der Waals surface area contributed by atoms with E-state index in [0.717, 1.165) is 38.8 Å². The van der Waals surface area contributed by atoms with Gasteiger partial charge in [-0.15, -0.1) is 0 Å². The molecule has 1 rings (SSSR count). The van der Waals surface area contributed by atoms with E-state index in [9.17, 15) is 4.79 Å². The standard InChI is InChI=1S/C14H28N2O2/c1-4-6-8-16(9-7-5-2)13(17)14(3)11-18-10-12(14)15/h12H,4-11,15H2,1-3H3. The Hall–Kier alpha value is -0.610. The van der Waals surface area contributed by atoms with Crippen molar-refractivity contribution in [1.29, 1.82) is 0 Å². The molecule has 2 atom stereocenters. The Morgan fingerprint density at radius 3 is 2.28 bits per heavy atom. The van der Waals surface area contributed by atoms with Crippen LogP contribution in [0.4, 0.5) is 0 Å². The number of hydrogen-bond acceptors (Lipinski definition) is 3. The van der Waals surface area contributed by atoms with Gasteiger partial charge in [-0.25, -0.2) is 0 Å². The maximum Gasteiger partial charge on any atom is 0.232 e. The number of nitrogens with two attached hydrogens (primary N) is 1. The van der Waals surface area contributed by atoms with Crippen molar-refractivity contribution in [3.05, 3.63) is 0 Å². The molecule has 0 bridgehead atoms. The highest BCUT2D eigenvalue weighted by atomic mass is 16.5. The van der Waals surface area contributed by atoms with Gasteiger partial charge in [0.2, 0.25) is 5.91 Å². The largest absolute Gasteiger partial charge is 0.379 e. The molecule has 0 aromatic heterocycles. The average molecular weight is 256 g/mol. The molecule has 18 heavy (non-hydrogen) atoms. The highest BCUT2D eigenvalue weighted by molar-refractivity contribution is 5.83. The van der Waals surface area contributed by atoms with Crippen molar-refractivity contribution in [2.24, 2.45) is 11.1 Å². The van der Waals surface area contributed by atoms with Crippen LogP contribution in [-0.4, -0.2) is 43.2 Å². The fraction of sp³-hybridized carbons (Fsp3) is 0.929. The van der Waals surface area contributed by atoms with Crippen LogP contribution >= 0.6 is 0 Å². The Morgan fingerprint density at radius 1 is 1.33 bits per heavy atom. The van der Waals surface area contributed by atoms with Gasteiger partial charge in [0, 0.05) is 19.1 Å². The summed E-state index contributed by atoms with van der Waals surface area (Å²) in [7, 11) is 0. The molecule has 0 aliphatic carbocycles. The van der Waals surface area contributed by atoms with Gasteiger partial charge in [-0.1, -0.05) is 26.7 Å². The van der Waals surface area contributed by atoms with Gasteiger partial charge in [-0.05, 0) is 19.8 Å². The molecule has 0 saturated carbocycles. The van der Waals surface area contributed by atoms with Gasteiger partial charge in [0.1, 0.15) is 0 Å². The molecule has 1 amide bonds. The minimum Gasteiger partial charge on any atom is -0.379 e. The number of rotatable bonds is 7. The lowest BCUT2D eigenvalue weighted by Crippen LogP contribution is -2.52. The van der Waals surface area contributed by atoms with E-state index in [1.54, 1.807) is 0 Å². The van der Waals surface area contributed by atoms with Gasteiger partial charge in [0.15, 0.2) is 0 Å². The third-order valence-corrected chi connectivity index (χ3v) is 3.86. The molecule has 0 aromatic carbocycles. The molecule has 1 aliphatic rings. The second-order valence-electron chi connectivity index (χ2n) is 5.54. The van der Waals surface area contributed by atoms with Gasteiger partial charge in [0.05, 0.1) is 18.6 Å². The molecule has 2 N–H and O–H groups in total. The summed E-state index contributed by atoms with van der Waals surface area (Å²) in [5.74, 6) is 0.175. The quantitative estimate of drug-likeness (QED) is 0.755. The molecule has 0 aromatic rings. The highest BCUT2D eigenvalue weighted by Gasteiger charge is 2.46. The predicted octanol–water partition coefficient (Wildman–Crippen LogP) is 1.78. The molecule has 2 unspecified atom stereocenters. The van der Waals surface area contributed by atoms with Crippen molar-refractivity contribution in [1.82, 2.24) is 4.90 Å². The van der Waals surface area contributed by atoms with E-state index in [1.165, 1.54) is 0 Å². The van der Waals surface area contributed by atoms with Crippen molar-refractivity contribution >= 4 is 5.91 Å². The number of amides is 1. The van der Waals surface area contributed by atoms with Gasteiger partial charge in [-0.3, -0.25) is 4.79 Å². The van der Waals surface area contributed by atoms with Crippen molar-refractivity contribution in [3.63, 3.8) is 0 Å². The van der Waals surface area contributed by atoms with E-state index in [2.05, 4.69) is 13.8 Å². The zero-order chi connectivity index (χ0) is 13.6. The molecular formula is C14H28N2O2. The van der Waals surface area contributed by atoms with Gasteiger partial charge in [-0.2, -0.15) is 0 Å². The Morgan fingerprint density at radius 2 is 1.89 bits per heavy atom. The monoisotopic (exact) mass is 256 g/mol. The van der Waals surface area contributed by atoms with Crippen molar-refractivity contribution in [3.8, 4) is 0 Å². The normalized spacial score (nSPS) is 27.4. The molecule has 1 fully saturated rings. The van der Waals surface area contributed by atoms with Crippen LogP contribution in [0.25, 0.3) is 0 Å². The first-order valence-corrected chi connectivity index (χ1v) is 7.19. The van der Waals surface area contributed by atoms with Crippen molar-refractivity contribution in [2.45, 2.75) is 52.5 Å². The van der Waals surface area contributed by atoms with Crippen LogP contribution in [0, 0.1) is 5.41 Å². The Labute approximate surface area is 111 Å². The van der Waals surface area contributed by atoms with E-state index < -0.39 is 5.41 Å². The van der Waals surface area contributed by atoms with Crippen molar-refractivity contribution in [2.75, 3.05) is 26.3 Å². The SMILES string of the molecule is CCCCN(CCCC)C(=O)C1(C)COCC1N. The number of nitrogens with zero attached hydrogens (tertiary/aromatic N) is 1. The van der Waals surface area contributed by atoms with E-state index in [1.807, 2.05) is 11.8 Å². The van der Waals surface area contributed by atoms with Gasteiger partial charge < -0.3 is 15.4 Å². The lowest BCUT2D eigenvalue weighted by Gasteiger charge is -2.33. The van der Waals surface area contributed by atoms with Gasteiger partial charge in [0.25, 0.3) is 0 Å². The molecule has 0 spiro atoms. The van der Waals surface area contributed by atoms with E-state index in [-0.39, 0.29) is 11.9 Å². The number of ether oxygens (including phenoxy) is 1. The third-order valence-electron chi connectivity index (χ3n) is 3.86. The second kappa shape index (κ2) is 7.10. The lowest BCUT2D eigenvalue weighted by molar-refractivity contribution is -0.142. The molecule has 106 valence electrons.